The molecule has 0 fully saturated rings. The average molecular weight is 747 g/mol. The average Bonchev–Trinajstić information content (AvgIpc) is 3.58. The fourth-order valence-corrected chi connectivity index (χ4v) is 9.73. The van der Waals surface area contributed by atoms with Crippen molar-refractivity contribution in [2.24, 2.45) is 11.8 Å². The van der Waals surface area contributed by atoms with E-state index in [0.717, 1.165) is 74.9 Å². The van der Waals surface area contributed by atoms with Crippen molar-refractivity contribution in [3.8, 4) is 67.4 Å². The summed E-state index contributed by atoms with van der Waals surface area (Å²) >= 11 is 0. The normalized spacial score (nSPS) is 17.0. The second-order valence-corrected chi connectivity index (χ2v) is 16.2. The molecule has 0 saturated carbocycles. The second-order valence-electron chi connectivity index (χ2n) is 16.2. The number of aromatic nitrogens is 2. The molecule has 278 valence electrons. The molecule has 0 saturated heterocycles. The van der Waals surface area contributed by atoms with Gasteiger partial charge in [0, 0.05) is 22.3 Å². The van der Waals surface area contributed by atoms with Gasteiger partial charge in [-0.1, -0.05) is 172 Å². The molecule has 1 aliphatic heterocycles. The van der Waals surface area contributed by atoms with Crippen LogP contribution in [-0.4, -0.2) is 9.97 Å². The van der Waals surface area contributed by atoms with Crippen LogP contribution in [0.25, 0.3) is 61.5 Å². The third-order valence-electron chi connectivity index (χ3n) is 12.9. The van der Waals surface area contributed by atoms with Crippen molar-refractivity contribution < 1.29 is 4.74 Å². The number of para-hydroxylation sites is 1. The molecule has 1 spiro atoms. The topological polar surface area (TPSA) is 35.0 Å². The van der Waals surface area contributed by atoms with Gasteiger partial charge in [-0.25, -0.2) is 9.97 Å². The number of rotatable bonds is 5. The molecule has 2 heterocycles. The lowest BCUT2D eigenvalue weighted by Gasteiger charge is -2.39. The van der Waals surface area contributed by atoms with Gasteiger partial charge in [0.15, 0.2) is 5.82 Å². The first-order chi connectivity index (χ1) is 28.6. The Morgan fingerprint density at radius 1 is 0.448 bits per heavy atom. The second kappa shape index (κ2) is 13.7. The van der Waals surface area contributed by atoms with E-state index in [9.17, 15) is 0 Å². The van der Waals surface area contributed by atoms with Crippen LogP contribution < -0.4 is 4.74 Å². The molecule has 2 unspecified atom stereocenters. The summed E-state index contributed by atoms with van der Waals surface area (Å²) in [6.07, 6.45) is 4.38. The van der Waals surface area contributed by atoms with Gasteiger partial charge in [-0.3, -0.25) is 0 Å². The molecular weight excluding hydrogens is 705 g/mol. The SMILES string of the molecule is CC1CC=C(c2nc(-c3cccc(-c4ccc5c(c4)Oc4ccccc4C54c5ccccc5-c5ccccc54)c3)cc(-c3ccccc3-c3ccccc3)n2)CC1C. The van der Waals surface area contributed by atoms with E-state index in [0.29, 0.717) is 11.8 Å². The van der Waals surface area contributed by atoms with Crippen molar-refractivity contribution in [2.75, 3.05) is 0 Å². The maximum Gasteiger partial charge on any atom is 0.156 e. The van der Waals surface area contributed by atoms with E-state index in [1.54, 1.807) is 0 Å². The molecule has 11 rings (SSSR count). The van der Waals surface area contributed by atoms with E-state index >= 15 is 0 Å². The maximum absolute atomic E-state index is 6.86. The quantitative estimate of drug-likeness (QED) is 0.176. The predicted octanol–water partition coefficient (Wildman–Crippen LogP) is 14.1. The highest BCUT2D eigenvalue weighted by Crippen LogP contribution is 2.62. The number of nitrogens with zero attached hydrogens (tertiary/aromatic N) is 2. The number of fused-ring (bicyclic) bond motifs is 9. The minimum Gasteiger partial charge on any atom is -0.457 e. The van der Waals surface area contributed by atoms with Crippen molar-refractivity contribution in [1.82, 2.24) is 9.97 Å². The first-order valence-electron chi connectivity index (χ1n) is 20.5. The standard InChI is InChI=1S/C55H42N2O/c1-35-27-28-41(31-36(35)2)54-56-50(34-51(57-54)45-22-7-6-19-42(45)37-15-4-3-5-16-37)40-18-14-17-38(32-40)39-29-30-49-53(33-39)58-52-26-13-12-25-48(52)55(49)46-23-10-8-20-43(46)44-21-9-11-24-47(44)55/h3-26,28-30,32-36H,27,31H2,1-2H3. The molecule has 1 aromatic heterocycles. The van der Waals surface area contributed by atoms with Gasteiger partial charge in [0.05, 0.1) is 16.8 Å². The van der Waals surface area contributed by atoms with E-state index in [2.05, 4.69) is 196 Å². The van der Waals surface area contributed by atoms with Gasteiger partial charge in [-0.15, -0.1) is 0 Å². The summed E-state index contributed by atoms with van der Waals surface area (Å²) in [4.78, 5) is 10.6. The molecule has 3 aliphatic rings. The van der Waals surface area contributed by atoms with Crippen molar-refractivity contribution in [2.45, 2.75) is 32.1 Å². The number of hydrogen-bond acceptors (Lipinski definition) is 3. The number of benzene rings is 7. The van der Waals surface area contributed by atoms with Crippen LogP contribution in [-0.2, 0) is 5.41 Å². The monoisotopic (exact) mass is 746 g/mol. The first kappa shape index (κ1) is 34.4. The molecule has 3 nitrogen and oxygen atoms in total. The summed E-state index contributed by atoms with van der Waals surface area (Å²) in [7, 11) is 0. The molecule has 0 N–H and O–H groups in total. The van der Waals surface area contributed by atoms with Crippen molar-refractivity contribution >= 4 is 5.57 Å². The van der Waals surface area contributed by atoms with Crippen LogP contribution in [0.5, 0.6) is 11.5 Å². The maximum atomic E-state index is 6.86. The van der Waals surface area contributed by atoms with Crippen LogP contribution in [0.4, 0.5) is 0 Å². The molecule has 8 aromatic rings. The van der Waals surface area contributed by atoms with E-state index in [1.807, 2.05) is 0 Å². The Hall–Kier alpha value is -6.84. The van der Waals surface area contributed by atoms with E-state index in [1.165, 1.54) is 39.0 Å². The van der Waals surface area contributed by atoms with E-state index in [4.69, 9.17) is 14.7 Å². The highest BCUT2D eigenvalue weighted by molar-refractivity contribution is 5.89. The fourth-order valence-electron chi connectivity index (χ4n) is 9.73. The van der Waals surface area contributed by atoms with Crippen LogP contribution in [0, 0.1) is 11.8 Å². The van der Waals surface area contributed by atoms with Crippen LogP contribution in [0.15, 0.2) is 182 Å². The molecule has 2 atom stereocenters. The summed E-state index contributed by atoms with van der Waals surface area (Å²) in [5.74, 6) is 3.81. The first-order valence-corrected chi connectivity index (χ1v) is 20.5. The molecule has 0 radical (unpaired) electrons. The third-order valence-corrected chi connectivity index (χ3v) is 12.9. The summed E-state index contributed by atoms with van der Waals surface area (Å²) in [6.45, 7) is 4.70. The van der Waals surface area contributed by atoms with Gasteiger partial charge in [0.2, 0.25) is 0 Å². The number of ether oxygens (including phenoxy) is 1. The minimum atomic E-state index is -0.482. The summed E-state index contributed by atoms with van der Waals surface area (Å²) in [6, 6.07) is 63.3. The molecular formula is C55H42N2O. The minimum absolute atomic E-state index is 0.482. The Morgan fingerprint density at radius 2 is 1.03 bits per heavy atom. The number of hydrogen-bond donors (Lipinski definition) is 0. The zero-order valence-corrected chi connectivity index (χ0v) is 32.7. The summed E-state index contributed by atoms with van der Waals surface area (Å²) in [5.41, 5.74) is 16.8. The summed E-state index contributed by atoms with van der Waals surface area (Å²) in [5, 5.41) is 0. The molecule has 7 aromatic carbocycles. The third kappa shape index (κ3) is 5.41. The van der Waals surface area contributed by atoms with Crippen LogP contribution in [0.3, 0.4) is 0 Å². The van der Waals surface area contributed by atoms with E-state index < -0.39 is 5.41 Å². The van der Waals surface area contributed by atoms with Crippen LogP contribution >= 0.6 is 0 Å². The van der Waals surface area contributed by atoms with Gasteiger partial charge in [-0.2, -0.15) is 0 Å². The predicted molar refractivity (Wildman–Crippen MR) is 237 cm³/mol. The highest BCUT2D eigenvalue weighted by Gasteiger charge is 2.50. The van der Waals surface area contributed by atoms with Crippen molar-refractivity contribution in [3.05, 3.63) is 210 Å². The van der Waals surface area contributed by atoms with Crippen LogP contribution in [0.1, 0.15) is 54.8 Å². The number of allylic oxidation sites excluding steroid dienone is 2. The van der Waals surface area contributed by atoms with Crippen LogP contribution in [0.2, 0.25) is 0 Å². The van der Waals surface area contributed by atoms with Gasteiger partial charge in [0.1, 0.15) is 11.5 Å². The lowest BCUT2D eigenvalue weighted by molar-refractivity contribution is 0.385. The zero-order valence-electron chi connectivity index (χ0n) is 32.7. The molecule has 0 amide bonds. The smallest absolute Gasteiger partial charge is 0.156 e. The molecule has 58 heavy (non-hydrogen) atoms. The molecule has 2 aliphatic carbocycles. The Kier molecular flexibility index (Phi) is 8.11. The lowest BCUT2D eigenvalue weighted by atomic mass is 9.66. The van der Waals surface area contributed by atoms with Crippen molar-refractivity contribution in [1.29, 1.82) is 0 Å². The van der Waals surface area contributed by atoms with E-state index in [-0.39, 0.29) is 0 Å². The van der Waals surface area contributed by atoms with Gasteiger partial charge in [0.25, 0.3) is 0 Å². The lowest BCUT2D eigenvalue weighted by Crippen LogP contribution is -2.32. The molecule has 0 bridgehead atoms. The van der Waals surface area contributed by atoms with Gasteiger partial charge in [-0.05, 0) is 99.0 Å². The van der Waals surface area contributed by atoms with Gasteiger partial charge < -0.3 is 4.74 Å². The zero-order chi connectivity index (χ0) is 38.8. The Balaban J connectivity index is 1.05. The Morgan fingerprint density at radius 3 is 1.79 bits per heavy atom. The fraction of sp³-hybridized carbons (Fsp3) is 0.127. The molecule has 3 heteroatoms. The summed E-state index contributed by atoms with van der Waals surface area (Å²) < 4.78 is 6.86. The Bertz CT molecular complexity index is 2880. The largest absolute Gasteiger partial charge is 0.457 e. The van der Waals surface area contributed by atoms with Gasteiger partial charge >= 0.3 is 0 Å². The highest BCUT2D eigenvalue weighted by atomic mass is 16.5. The van der Waals surface area contributed by atoms with Crippen molar-refractivity contribution in [3.63, 3.8) is 0 Å². The Labute approximate surface area is 340 Å².